The van der Waals surface area contributed by atoms with Gasteiger partial charge in [-0.15, -0.1) is 0 Å². The van der Waals surface area contributed by atoms with Crippen molar-refractivity contribution >= 4 is 23.2 Å². The minimum Gasteiger partial charge on any atom is -0.328 e. The normalized spacial score (nSPS) is 26.4. The average Bonchev–Trinajstić information content (AvgIpc) is 2.95. The Morgan fingerprint density at radius 3 is 2.94 bits per heavy atom. The molecular weight excluding hydrogens is 248 g/mol. The molecule has 2 unspecified atom stereocenters. The third-order valence-corrected chi connectivity index (χ3v) is 4.41. The first-order valence-corrected chi connectivity index (χ1v) is 6.89. The Morgan fingerprint density at radius 2 is 2.22 bits per heavy atom. The predicted octanol–water partition coefficient (Wildman–Crippen LogP) is 2.36. The van der Waals surface area contributed by atoms with Crippen LogP contribution >= 0.6 is 11.6 Å². The van der Waals surface area contributed by atoms with Gasteiger partial charge in [-0.3, -0.25) is 4.79 Å². The molecule has 0 bridgehead atoms. The lowest BCUT2D eigenvalue weighted by atomic mass is 10.1. The zero-order chi connectivity index (χ0) is 12.7. The van der Waals surface area contributed by atoms with Gasteiger partial charge in [-0.2, -0.15) is 0 Å². The van der Waals surface area contributed by atoms with E-state index in [4.69, 9.17) is 17.3 Å². The predicted molar refractivity (Wildman–Crippen MR) is 72.8 cm³/mol. The van der Waals surface area contributed by atoms with Gasteiger partial charge in [0.05, 0.1) is 0 Å². The number of nitrogens with two attached hydrogens (primary N) is 1. The molecule has 1 aliphatic carbocycles. The van der Waals surface area contributed by atoms with Crippen LogP contribution in [0.15, 0.2) is 18.2 Å². The smallest absolute Gasteiger partial charge is 0.230 e. The van der Waals surface area contributed by atoms with Crippen molar-refractivity contribution in [3.8, 4) is 0 Å². The Bertz CT molecular complexity index is 489. The number of nitrogens with zero attached hydrogens (tertiary/aromatic N) is 1. The van der Waals surface area contributed by atoms with E-state index in [1.165, 1.54) is 0 Å². The van der Waals surface area contributed by atoms with Crippen molar-refractivity contribution < 1.29 is 4.79 Å². The molecule has 2 aliphatic rings. The van der Waals surface area contributed by atoms with Crippen LogP contribution in [0.1, 0.15) is 24.8 Å². The molecule has 2 N–H and O–H groups in total. The van der Waals surface area contributed by atoms with E-state index >= 15 is 0 Å². The third-order valence-electron chi connectivity index (χ3n) is 4.06. The summed E-state index contributed by atoms with van der Waals surface area (Å²) in [6.45, 7) is 0.754. The molecule has 1 heterocycles. The van der Waals surface area contributed by atoms with Gasteiger partial charge in [0, 0.05) is 29.2 Å². The molecular formula is C14H17ClN2O. The van der Waals surface area contributed by atoms with Gasteiger partial charge < -0.3 is 10.6 Å². The van der Waals surface area contributed by atoms with Crippen molar-refractivity contribution in [3.05, 3.63) is 28.8 Å². The largest absolute Gasteiger partial charge is 0.328 e. The number of amides is 1. The number of carbonyl (C=O) groups excluding carboxylic acids is 1. The summed E-state index contributed by atoms with van der Waals surface area (Å²) in [5, 5.41) is 0.769. The van der Waals surface area contributed by atoms with Crippen molar-refractivity contribution in [2.75, 3.05) is 11.4 Å². The molecule has 3 rings (SSSR count). The maximum absolute atomic E-state index is 12.5. The van der Waals surface area contributed by atoms with Gasteiger partial charge >= 0.3 is 0 Å². The SMILES string of the molecule is NC1CCC(C(=O)N2CCc3c(Cl)cccc32)C1. The molecule has 18 heavy (non-hydrogen) atoms. The minimum absolute atomic E-state index is 0.102. The second-order valence-electron chi connectivity index (χ2n) is 5.25. The number of rotatable bonds is 1. The Kier molecular flexibility index (Phi) is 3.04. The molecule has 2 atom stereocenters. The number of fused-ring (bicyclic) bond motifs is 1. The van der Waals surface area contributed by atoms with Gasteiger partial charge in [0.1, 0.15) is 0 Å². The molecule has 0 saturated heterocycles. The second-order valence-corrected chi connectivity index (χ2v) is 5.65. The zero-order valence-electron chi connectivity index (χ0n) is 10.2. The second kappa shape index (κ2) is 4.56. The standard InChI is InChI=1S/C14H17ClN2O/c15-12-2-1-3-13-11(12)6-7-17(13)14(18)9-4-5-10(16)8-9/h1-3,9-10H,4-8,16H2. The van der Waals surface area contributed by atoms with Crippen LogP contribution in [-0.2, 0) is 11.2 Å². The Morgan fingerprint density at radius 1 is 1.39 bits per heavy atom. The van der Waals surface area contributed by atoms with Gasteiger partial charge in [-0.1, -0.05) is 17.7 Å². The van der Waals surface area contributed by atoms with Crippen LogP contribution < -0.4 is 10.6 Å². The Hall–Kier alpha value is -1.06. The fourth-order valence-electron chi connectivity index (χ4n) is 3.08. The summed E-state index contributed by atoms with van der Waals surface area (Å²) in [5.41, 5.74) is 7.99. The van der Waals surface area contributed by atoms with E-state index < -0.39 is 0 Å². The molecule has 0 radical (unpaired) electrons. The van der Waals surface area contributed by atoms with E-state index in [9.17, 15) is 4.79 Å². The fraction of sp³-hybridized carbons (Fsp3) is 0.500. The topological polar surface area (TPSA) is 46.3 Å². The molecule has 1 saturated carbocycles. The molecule has 1 aromatic carbocycles. The lowest BCUT2D eigenvalue weighted by molar-refractivity contribution is -0.122. The van der Waals surface area contributed by atoms with Gasteiger partial charge in [0.25, 0.3) is 0 Å². The highest BCUT2D eigenvalue weighted by Gasteiger charge is 2.34. The molecule has 96 valence electrons. The summed E-state index contributed by atoms with van der Waals surface area (Å²) in [4.78, 5) is 14.4. The highest BCUT2D eigenvalue weighted by molar-refractivity contribution is 6.32. The summed E-state index contributed by atoms with van der Waals surface area (Å²) >= 11 is 6.16. The Labute approximate surface area is 112 Å². The van der Waals surface area contributed by atoms with E-state index in [0.717, 1.165) is 48.5 Å². The zero-order valence-corrected chi connectivity index (χ0v) is 11.0. The first-order valence-electron chi connectivity index (χ1n) is 6.51. The van der Waals surface area contributed by atoms with E-state index in [1.54, 1.807) is 0 Å². The van der Waals surface area contributed by atoms with Crippen LogP contribution in [0, 0.1) is 5.92 Å². The van der Waals surface area contributed by atoms with Gasteiger partial charge in [0.2, 0.25) is 5.91 Å². The molecule has 1 amide bonds. The van der Waals surface area contributed by atoms with E-state index in [0.29, 0.717) is 0 Å². The number of hydrogen-bond donors (Lipinski definition) is 1. The van der Waals surface area contributed by atoms with Crippen LogP contribution in [-0.4, -0.2) is 18.5 Å². The summed E-state index contributed by atoms with van der Waals surface area (Å²) in [7, 11) is 0. The minimum atomic E-state index is 0.102. The summed E-state index contributed by atoms with van der Waals surface area (Å²) in [6.07, 6.45) is 3.57. The van der Waals surface area contributed by atoms with Gasteiger partial charge in [-0.25, -0.2) is 0 Å². The van der Waals surface area contributed by atoms with Crippen molar-refractivity contribution in [2.24, 2.45) is 11.7 Å². The quantitative estimate of drug-likeness (QED) is 0.846. The maximum Gasteiger partial charge on any atom is 0.230 e. The fourth-order valence-corrected chi connectivity index (χ4v) is 3.35. The van der Waals surface area contributed by atoms with Crippen molar-refractivity contribution in [1.29, 1.82) is 0 Å². The number of carbonyl (C=O) groups is 1. The highest BCUT2D eigenvalue weighted by atomic mass is 35.5. The number of halogens is 1. The van der Waals surface area contributed by atoms with Crippen LogP contribution in [0.25, 0.3) is 0 Å². The lowest BCUT2D eigenvalue weighted by Gasteiger charge is -2.21. The van der Waals surface area contributed by atoms with Crippen LogP contribution in [0.5, 0.6) is 0 Å². The first-order chi connectivity index (χ1) is 8.66. The highest BCUT2D eigenvalue weighted by Crippen LogP contribution is 2.36. The number of anilines is 1. The number of benzene rings is 1. The van der Waals surface area contributed by atoms with Gasteiger partial charge in [-0.05, 0) is 43.4 Å². The van der Waals surface area contributed by atoms with Crippen molar-refractivity contribution in [2.45, 2.75) is 31.7 Å². The van der Waals surface area contributed by atoms with E-state index in [1.807, 2.05) is 23.1 Å². The van der Waals surface area contributed by atoms with Crippen LogP contribution in [0.2, 0.25) is 5.02 Å². The average molecular weight is 265 g/mol. The molecule has 1 fully saturated rings. The summed E-state index contributed by atoms with van der Waals surface area (Å²) in [6, 6.07) is 5.98. The van der Waals surface area contributed by atoms with E-state index in [2.05, 4.69) is 0 Å². The summed E-state index contributed by atoms with van der Waals surface area (Å²) in [5.74, 6) is 0.328. The monoisotopic (exact) mass is 264 g/mol. The maximum atomic E-state index is 12.5. The number of hydrogen-bond acceptors (Lipinski definition) is 2. The van der Waals surface area contributed by atoms with Crippen molar-refractivity contribution in [3.63, 3.8) is 0 Å². The molecule has 3 nitrogen and oxygen atoms in total. The molecule has 1 aliphatic heterocycles. The third kappa shape index (κ3) is 1.91. The van der Waals surface area contributed by atoms with E-state index in [-0.39, 0.29) is 17.9 Å². The van der Waals surface area contributed by atoms with Gasteiger partial charge in [0.15, 0.2) is 0 Å². The Balaban J connectivity index is 1.84. The molecule has 0 aromatic heterocycles. The van der Waals surface area contributed by atoms with Crippen molar-refractivity contribution in [1.82, 2.24) is 0 Å². The van der Waals surface area contributed by atoms with Crippen LogP contribution in [0.3, 0.4) is 0 Å². The summed E-state index contributed by atoms with van der Waals surface area (Å²) < 4.78 is 0. The molecule has 1 aromatic rings. The first kappa shape index (κ1) is 12.0. The molecule has 0 spiro atoms. The lowest BCUT2D eigenvalue weighted by Crippen LogP contribution is -2.34. The van der Waals surface area contributed by atoms with Crippen LogP contribution in [0.4, 0.5) is 5.69 Å². The molecule has 4 heteroatoms.